The third-order valence-corrected chi connectivity index (χ3v) is 2.93. The summed E-state index contributed by atoms with van der Waals surface area (Å²) in [5.41, 5.74) is 4.57. The molecule has 0 saturated heterocycles. The lowest BCUT2D eigenvalue weighted by molar-refractivity contribution is -0.116. The first-order valence-electron chi connectivity index (χ1n) is 5.57. The molecule has 2 N–H and O–H groups in total. The molecule has 0 heterocycles. The van der Waals surface area contributed by atoms with Crippen molar-refractivity contribution in [3.63, 3.8) is 0 Å². The number of amides is 1. The second-order valence-corrected chi connectivity index (χ2v) is 4.08. The van der Waals surface area contributed by atoms with Crippen molar-refractivity contribution in [2.45, 2.75) is 27.2 Å². The number of anilines is 1. The number of hydrogen-bond acceptors (Lipinski definition) is 2. The molecule has 1 aromatic rings. The van der Waals surface area contributed by atoms with Crippen molar-refractivity contribution >= 4 is 11.6 Å². The smallest absolute Gasteiger partial charge is 0.225 e. The van der Waals surface area contributed by atoms with Crippen LogP contribution >= 0.6 is 0 Å². The van der Waals surface area contributed by atoms with E-state index in [0.29, 0.717) is 13.0 Å². The predicted molar refractivity (Wildman–Crippen MR) is 67.8 cm³/mol. The van der Waals surface area contributed by atoms with E-state index in [1.54, 1.807) is 0 Å². The Hall–Kier alpha value is -1.35. The van der Waals surface area contributed by atoms with Crippen LogP contribution in [0.2, 0.25) is 0 Å². The molecule has 88 valence electrons. The fraction of sp³-hybridized carbons (Fsp3) is 0.462. The summed E-state index contributed by atoms with van der Waals surface area (Å²) < 4.78 is 0. The van der Waals surface area contributed by atoms with Gasteiger partial charge in [0, 0.05) is 18.7 Å². The van der Waals surface area contributed by atoms with E-state index in [9.17, 15) is 4.79 Å². The molecule has 0 unspecified atom stereocenters. The van der Waals surface area contributed by atoms with Crippen LogP contribution in [0.25, 0.3) is 0 Å². The molecular formula is C13H20N2O. The van der Waals surface area contributed by atoms with Crippen molar-refractivity contribution in [2.24, 2.45) is 0 Å². The summed E-state index contributed by atoms with van der Waals surface area (Å²) in [5, 5.41) is 5.89. The van der Waals surface area contributed by atoms with Crippen LogP contribution in [0.5, 0.6) is 0 Å². The highest BCUT2D eigenvalue weighted by molar-refractivity contribution is 5.91. The maximum absolute atomic E-state index is 11.6. The fourth-order valence-electron chi connectivity index (χ4n) is 1.54. The lowest BCUT2D eigenvalue weighted by atomic mass is 10.0. The zero-order chi connectivity index (χ0) is 12.1. The lowest BCUT2D eigenvalue weighted by Crippen LogP contribution is -2.19. The largest absolute Gasteiger partial charge is 0.326 e. The molecule has 0 fully saturated rings. The maximum atomic E-state index is 11.6. The van der Waals surface area contributed by atoms with E-state index < -0.39 is 0 Å². The molecule has 16 heavy (non-hydrogen) atoms. The minimum Gasteiger partial charge on any atom is -0.326 e. The summed E-state index contributed by atoms with van der Waals surface area (Å²) in [5.74, 6) is 0.0562. The lowest BCUT2D eigenvalue weighted by Gasteiger charge is -2.12. The quantitative estimate of drug-likeness (QED) is 0.816. The molecule has 0 radical (unpaired) electrons. The molecule has 0 atom stereocenters. The second-order valence-electron chi connectivity index (χ2n) is 4.08. The second kappa shape index (κ2) is 5.66. The van der Waals surface area contributed by atoms with Gasteiger partial charge in [0.1, 0.15) is 0 Å². The highest BCUT2D eigenvalue weighted by atomic mass is 16.1. The maximum Gasteiger partial charge on any atom is 0.225 e. The van der Waals surface area contributed by atoms with Crippen molar-refractivity contribution in [3.8, 4) is 0 Å². The number of hydrogen-bond donors (Lipinski definition) is 2. The van der Waals surface area contributed by atoms with Crippen LogP contribution in [0.15, 0.2) is 12.1 Å². The van der Waals surface area contributed by atoms with E-state index in [1.165, 1.54) is 11.1 Å². The van der Waals surface area contributed by atoms with Gasteiger partial charge in [-0.25, -0.2) is 0 Å². The molecule has 1 rings (SSSR count). The number of rotatable bonds is 4. The summed E-state index contributed by atoms with van der Waals surface area (Å²) in [6.45, 7) is 6.90. The fourth-order valence-corrected chi connectivity index (χ4v) is 1.54. The van der Waals surface area contributed by atoms with E-state index in [0.717, 1.165) is 11.3 Å². The van der Waals surface area contributed by atoms with Crippen LogP contribution in [0.3, 0.4) is 0 Å². The van der Waals surface area contributed by atoms with Crippen molar-refractivity contribution in [1.29, 1.82) is 0 Å². The Balaban J connectivity index is 2.74. The van der Waals surface area contributed by atoms with Gasteiger partial charge in [0.15, 0.2) is 0 Å². The first kappa shape index (κ1) is 12.7. The van der Waals surface area contributed by atoms with Gasteiger partial charge in [0.25, 0.3) is 0 Å². The molecule has 0 aliphatic rings. The molecule has 1 aromatic carbocycles. The zero-order valence-electron chi connectivity index (χ0n) is 10.5. The number of aryl methyl sites for hydroxylation is 1. The van der Waals surface area contributed by atoms with Crippen LogP contribution in [-0.2, 0) is 4.79 Å². The monoisotopic (exact) mass is 220 g/mol. The Morgan fingerprint density at radius 2 is 1.88 bits per heavy atom. The highest BCUT2D eigenvalue weighted by Gasteiger charge is 2.06. The van der Waals surface area contributed by atoms with Crippen LogP contribution in [0, 0.1) is 20.8 Å². The number of carbonyl (C=O) groups excluding carboxylic acids is 1. The molecule has 3 heteroatoms. The van der Waals surface area contributed by atoms with E-state index >= 15 is 0 Å². The Morgan fingerprint density at radius 1 is 1.19 bits per heavy atom. The Kier molecular flexibility index (Phi) is 4.50. The van der Waals surface area contributed by atoms with Gasteiger partial charge in [-0.15, -0.1) is 0 Å². The van der Waals surface area contributed by atoms with Crippen LogP contribution in [-0.4, -0.2) is 19.5 Å². The van der Waals surface area contributed by atoms with Crippen LogP contribution in [0.1, 0.15) is 23.1 Å². The molecule has 1 amide bonds. The van der Waals surface area contributed by atoms with Crippen molar-refractivity contribution < 1.29 is 4.79 Å². The van der Waals surface area contributed by atoms with Crippen molar-refractivity contribution in [2.75, 3.05) is 18.9 Å². The van der Waals surface area contributed by atoms with Crippen molar-refractivity contribution in [1.82, 2.24) is 5.32 Å². The molecule has 0 spiro atoms. The molecule has 0 aromatic heterocycles. The summed E-state index contributed by atoms with van der Waals surface area (Å²) in [4.78, 5) is 11.6. The standard InChI is InChI=1S/C13H20N2O/c1-9-5-6-12(11(3)10(9)2)15-13(16)7-8-14-4/h5-6,14H,7-8H2,1-4H3,(H,15,16). The van der Waals surface area contributed by atoms with Gasteiger partial charge in [-0.1, -0.05) is 6.07 Å². The predicted octanol–water partition coefficient (Wildman–Crippen LogP) is 2.16. The normalized spacial score (nSPS) is 10.2. The van der Waals surface area contributed by atoms with Gasteiger partial charge in [-0.3, -0.25) is 4.79 Å². The van der Waals surface area contributed by atoms with Gasteiger partial charge in [0.2, 0.25) is 5.91 Å². The SMILES string of the molecule is CNCCC(=O)Nc1ccc(C)c(C)c1C. The Labute approximate surface area is 97.2 Å². The van der Waals surface area contributed by atoms with E-state index in [4.69, 9.17) is 0 Å². The van der Waals surface area contributed by atoms with E-state index in [1.807, 2.05) is 26.1 Å². The van der Waals surface area contributed by atoms with Crippen LogP contribution in [0.4, 0.5) is 5.69 Å². The summed E-state index contributed by atoms with van der Waals surface area (Å²) in [6, 6.07) is 4.00. The highest BCUT2D eigenvalue weighted by Crippen LogP contribution is 2.21. The zero-order valence-corrected chi connectivity index (χ0v) is 10.5. The van der Waals surface area contributed by atoms with Gasteiger partial charge in [-0.2, -0.15) is 0 Å². The molecule has 0 aliphatic heterocycles. The molecule has 0 saturated carbocycles. The molecule has 3 nitrogen and oxygen atoms in total. The van der Waals surface area contributed by atoms with Gasteiger partial charge < -0.3 is 10.6 Å². The first-order valence-corrected chi connectivity index (χ1v) is 5.57. The van der Waals surface area contributed by atoms with Crippen molar-refractivity contribution in [3.05, 3.63) is 28.8 Å². The average Bonchev–Trinajstić information content (AvgIpc) is 2.27. The first-order chi connectivity index (χ1) is 7.56. The van der Waals surface area contributed by atoms with E-state index in [2.05, 4.69) is 24.5 Å². The molecule has 0 bridgehead atoms. The minimum absolute atomic E-state index is 0.0562. The van der Waals surface area contributed by atoms with Gasteiger partial charge in [0.05, 0.1) is 0 Å². The Bertz CT molecular complexity index is 386. The average molecular weight is 220 g/mol. The third-order valence-electron chi connectivity index (χ3n) is 2.93. The minimum atomic E-state index is 0.0562. The molecule has 0 aliphatic carbocycles. The summed E-state index contributed by atoms with van der Waals surface area (Å²) >= 11 is 0. The van der Waals surface area contributed by atoms with Crippen LogP contribution < -0.4 is 10.6 Å². The number of benzene rings is 1. The van der Waals surface area contributed by atoms with Gasteiger partial charge in [-0.05, 0) is 50.6 Å². The summed E-state index contributed by atoms with van der Waals surface area (Å²) in [6.07, 6.45) is 0.503. The molecular weight excluding hydrogens is 200 g/mol. The number of nitrogens with one attached hydrogen (secondary N) is 2. The topological polar surface area (TPSA) is 41.1 Å². The Morgan fingerprint density at radius 3 is 2.50 bits per heavy atom. The number of carbonyl (C=O) groups is 1. The van der Waals surface area contributed by atoms with E-state index in [-0.39, 0.29) is 5.91 Å². The third kappa shape index (κ3) is 3.07. The van der Waals surface area contributed by atoms with Gasteiger partial charge >= 0.3 is 0 Å². The summed E-state index contributed by atoms with van der Waals surface area (Å²) in [7, 11) is 1.84.